The minimum absolute atomic E-state index is 0.00732. The van der Waals surface area contributed by atoms with Crippen LogP contribution >= 0.6 is 11.6 Å². The number of hydrogen-bond donors (Lipinski definition) is 1. The lowest BCUT2D eigenvalue weighted by atomic mass is 10.0. The maximum atomic E-state index is 12.3. The molecule has 0 radical (unpaired) electrons. The van der Waals surface area contributed by atoms with Gasteiger partial charge in [0.2, 0.25) is 11.8 Å². The van der Waals surface area contributed by atoms with Crippen molar-refractivity contribution in [1.82, 2.24) is 15.5 Å². The molecular formula is C19H24ClN3O4. The van der Waals surface area contributed by atoms with Gasteiger partial charge in [0.05, 0.1) is 19.6 Å². The van der Waals surface area contributed by atoms with Gasteiger partial charge in [-0.15, -0.1) is 0 Å². The lowest BCUT2D eigenvalue weighted by molar-refractivity contribution is -0.141. The number of halogens is 1. The molecule has 0 aliphatic rings. The number of carbonyl (C=O) groups is 2. The second kappa shape index (κ2) is 10.1. The standard InChI is InChI=1S/C19H24ClN3O4/c1-12(2)19-22-17(27-23-19)10-6-9-16(24)21-15(11-18(25)26-3)13-7-4-5-8-14(13)20/h4-5,7-8,12,15H,6,9-11H2,1-3H3,(H,21,24). The Morgan fingerprint density at radius 2 is 2.04 bits per heavy atom. The average Bonchev–Trinajstić information content (AvgIpc) is 3.10. The number of methoxy groups -OCH3 is 1. The fourth-order valence-corrected chi connectivity index (χ4v) is 2.78. The lowest BCUT2D eigenvalue weighted by Crippen LogP contribution is -2.30. The quantitative estimate of drug-likeness (QED) is 0.654. The van der Waals surface area contributed by atoms with Crippen LogP contribution in [0.15, 0.2) is 28.8 Å². The van der Waals surface area contributed by atoms with Gasteiger partial charge in [0.25, 0.3) is 0 Å². The van der Waals surface area contributed by atoms with E-state index in [0.29, 0.717) is 35.1 Å². The van der Waals surface area contributed by atoms with Crippen LogP contribution in [0.1, 0.15) is 62.3 Å². The normalized spacial score (nSPS) is 12.0. The third kappa shape index (κ3) is 6.36. The molecule has 0 bridgehead atoms. The number of carbonyl (C=O) groups excluding carboxylic acids is 2. The van der Waals surface area contributed by atoms with Gasteiger partial charge in [-0.2, -0.15) is 4.98 Å². The summed E-state index contributed by atoms with van der Waals surface area (Å²) < 4.78 is 9.89. The summed E-state index contributed by atoms with van der Waals surface area (Å²) in [6.07, 6.45) is 1.34. The molecule has 0 saturated heterocycles. The van der Waals surface area contributed by atoms with Crippen molar-refractivity contribution in [3.63, 3.8) is 0 Å². The summed E-state index contributed by atoms with van der Waals surface area (Å²) in [5.41, 5.74) is 0.677. The number of esters is 1. The highest BCUT2D eigenvalue weighted by Gasteiger charge is 2.21. The van der Waals surface area contributed by atoms with Gasteiger partial charge in [-0.3, -0.25) is 9.59 Å². The molecule has 1 amide bonds. The monoisotopic (exact) mass is 393 g/mol. The van der Waals surface area contributed by atoms with Crippen LogP contribution in [0, 0.1) is 0 Å². The molecule has 1 atom stereocenters. The topological polar surface area (TPSA) is 94.3 Å². The Kier molecular flexibility index (Phi) is 7.79. The van der Waals surface area contributed by atoms with Crippen LogP contribution in [-0.4, -0.2) is 29.1 Å². The van der Waals surface area contributed by atoms with E-state index in [2.05, 4.69) is 15.5 Å². The second-order valence-corrected chi connectivity index (χ2v) is 6.88. The smallest absolute Gasteiger partial charge is 0.307 e. The van der Waals surface area contributed by atoms with Crippen molar-refractivity contribution in [2.24, 2.45) is 0 Å². The van der Waals surface area contributed by atoms with Gasteiger partial charge in [0.1, 0.15) is 0 Å². The van der Waals surface area contributed by atoms with Crippen molar-refractivity contribution in [2.45, 2.75) is 51.5 Å². The number of rotatable bonds is 9. The predicted molar refractivity (Wildman–Crippen MR) is 100 cm³/mol. The van der Waals surface area contributed by atoms with E-state index in [1.807, 2.05) is 13.8 Å². The summed E-state index contributed by atoms with van der Waals surface area (Å²) in [7, 11) is 1.31. The first-order valence-electron chi connectivity index (χ1n) is 8.83. The average molecular weight is 394 g/mol. The number of nitrogens with zero attached hydrogens (tertiary/aromatic N) is 2. The number of benzene rings is 1. The Balaban J connectivity index is 1.92. The Bertz CT molecular complexity index is 776. The molecule has 7 nitrogen and oxygen atoms in total. The molecule has 0 fully saturated rings. The first kappa shape index (κ1) is 20.9. The molecule has 27 heavy (non-hydrogen) atoms. The van der Waals surface area contributed by atoms with E-state index in [4.69, 9.17) is 20.9 Å². The molecule has 2 rings (SSSR count). The van der Waals surface area contributed by atoms with Gasteiger partial charge in [-0.05, 0) is 18.1 Å². The molecule has 1 aromatic heterocycles. The number of hydrogen-bond acceptors (Lipinski definition) is 6. The number of aryl methyl sites for hydroxylation is 1. The fraction of sp³-hybridized carbons (Fsp3) is 0.474. The second-order valence-electron chi connectivity index (χ2n) is 6.48. The molecule has 146 valence electrons. The molecule has 0 aliphatic carbocycles. The van der Waals surface area contributed by atoms with E-state index < -0.39 is 12.0 Å². The maximum Gasteiger partial charge on any atom is 0.307 e. The highest BCUT2D eigenvalue weighted by Crippen LogP contribution is 2.25. The number of aromatic nitrogens is 2. The van der Waals surface area contributed by atoms with Gasteiger partial charge in [0.15, 0.2) is 5.82 Å². The third-order valence-corrected chi connectivity index (χ3v) is 4.35. The highest BCUT2D eigenvalue weighted by atomic mass is 35.5. The summed E-state index contributed by atoms with van der Waals surface area (Å²) in [6, 6.07) is 6.55. The van der Waals surface area contributed by atoms with Crippen LogP contribution in [0.4, 0.5) is 0 Å². The van der Waals surface area contributed by atoms with Gasteiger partial charge in [-0.1, -0.05) is 48.8 Å². The van der Waals surface area contributed by atoms with Gasteiger partial charge >= 0.3 is 5.97 Å². The molecule has 1 heterocycles. The zero-order chi connectivity index (χ0) is 19.8. The first-order chi connectivity index (χ1) is 12.9. The molecule has 0 aliphatic heterocycles. The van der Waals surface area contributed by atoms with Crippen molar-refractivity contribution in [2.75, 3.05) is 7.11 Å². The lowest BCUT2D eigenvalue weighted by Gasteiger charge is -2.19. The maximum absolute atomic E-state index is 12.3. The molecule has 0 saturated carbocycles. The fourth-order valence-electron chi connectivity index (χ4n) is 2.52. The van der Waals surface area contributed by atoms with E-state index in [9.17, 15) is 9.59 Å². The number of ether oxygens (including phenoxy) is 1. The zero-order valence-electron chi connectivity index (χ0n) is 15.7. The van der Waals surface area contributed by atoms with Crippen molar-refractivity contribution in [3.8, 4) is 0 Å². The Morgan fingerprint density at radius 1 is 1.30 bits per heavy atom. The highest BCUT2D eigenvalue weighted by molar-refractivity contribution is 6.31. The number of amides is 1. The Labute approximate surface area is 163 Å². The van der Waals surface area contributed by atoms with Gasteiger partial charge in [-0.25, -0.2) is 0 Å². The van der Waals surface area contributed by atoms with Crippen molar-refractivity contribution >= 4 is 23.5 Å². The minimum atomic E-state index is -0.547. The van der Waals surface area contributed by atoms with E-state index in [-0.39, 0.29) is 24.7 Å². The molecular weight excluding hydrogens is 370 g/mol. The summed E-state index contributed by atoms with van der Waals surface area (Å²) in [4.78, 5) is 28.3. The van der Waals surface area contributed by atoms with Gasteiger partial charge < -0.3 is 14.6 Å². The van der Waals surface area contributed by atoms with Crippen LogP contribution in [0.25, 0.3) is 0 Å². The zero-order valence-corrected chi connectivity index (χ0v) is 16.5. The first-order valence-corrected chi connectivity index (χ1v) is 9.21. The van der Waals surface area contributed by atoms with E-state index in [0.717, 1.165) is 0 Å². The molecule has 0 spiro atoms. The summed E-state index contributed by atoms with van der Waals surface area (Å²) >= 11 is 6.21. The largest absolute Gasteiger partial charge is 0.469 e. The van der Waals surface area contributed by atoms with E-state index in [1.54, 1.807) is 24.3 Å². The van der Waals surface area contributed by atoms with E-state index >= 15 is 0 Å². The SMILES string of the molecule is COC(=O)CC(NC(=O)CCCc1nc(C(C)C)no1)c1ccccc1Cl. The van der Waals surface area contributed by atoms with Crippen molar-refractivity contribution < 1.29 is 18.8 Å². The van der Waals surface area contributed by atoms with Crippen molar-refractivity contribution in [1.29, 1.82) is 0 Å². The van der Waals surface area contributed by atoms with Crippen LogP contribution in [0.5, 0.6) is 0 Å². The number of nitrogens with one attached hydrogen (secondary N) is 1. The predicted octanol–water partition coefficient (Wildman–Crippen LogP) is 3.59. The van der Waals surface area contributed by atoms with Crippen LogP contribution in [0.2, 0.25) is 5.02 Å². The van der Waals surface area contributed by atoms with Crippen LogP contribution in [0.3, 0.4) is 0 Å². The van der Waals surface area contributed by atoms with E-state index in [1.165, 1.54) is 7.11 Å². The minimum Gasteiger partial charge on any atom is -0.469 e. The van der Waals surface area contributed by atoms with Crippen LogP contribution in [-0.2, 0) is 20.7 Å². The molecule has 2 aromatic rings. The Morgan fingerprint density at radius 3 is 2.67 bits per heavy atom. The Hall–Kier alpha value is -2.41. The molecule has 8 heteroatoms. The van der Waals surface area contributed by atoms with Gasteiger partial charge in [0, 0.05) is 23.8 Å². The molecule has 1 unspecified atom stereocenters. The summed E-state index contributed by atoms with van der Waals surface area (Å²) in [6.45, 7) is 3.97. The van der Waals surface area contributed by atoms with Crippen LogP contribution < -0.4 is 5.32 Å². The molecule has 1 N–H and O–H groups in total. The summed E-state index contributed by atoms with van der Waals surface area (Å²) in [5.74, 6) is 0.759. The third-order valence-electron chi connectivity index (χ3n) is 4.01. The van der Waals surface area contributed by atoms with Crippen molar-refractivity contribution in [3.05, 3.63) is 46.6 Å². The molecule has 1 aromatic carbocycles. The summed E-state index contributed by atoms with van der Waals surface area (Å²) in [5, 5.41) is 7.24.